The van der Waals surface area contributed by atoms with Gasteiger partial charge in [-0.15, -0.1) is 0 Å². The minimum atomic E-state index is -3.67. The van der Waals surface area contributed by atoms with Gasteiger partial charge in [0.05, 0.1) is 24.5 Å². The van der Waals surface area contributed by atoms with Gasteiger partial charge >= 0.3 is 0 Å². The molecule has 0 aromatic heterocycles. The van der Waals surface area contributed by atoms with Gasteiger partial charge in [-0.2, -0.15) is 0 Å². The first-order valence-electron chi connectivity index (χ1n) is 7.32. The summed E-state index contributed by atoms with van der Waals surface area (Å²) in [4.78, 5) is 23.1. The van der Waals surface area contributed by atoms with Gasteiger partial charge in [-0.3, -0.25) is 9.59 Å². The van der Waals surface area contributed by atoms with Gasteiger partial charge in [0, 0.05) is 13.7 Å². The number of sulfonamides is 1. The van der Waals surface area contributed by atoms with Crippen LogP contribution in [0.3, 0.4) is 0 Å². The normalized spacial score (nSPS) is 11.2. The van der Waals surface area contributed by atoms with E-state index < -0.39 is 58.1 Å². The lowest BCUT2D eigenvalue weighted by Gasteiger charge is -2.09. The Balaban J connectivity index is 2.41. The van der Waals surface area contributed by atoms with Crippen LogP contribution >= 0.6 is 0 Å². The van der Waals surface area contributed by atoms with Gasteiger partial charge in [0.15, 0.2) is 17.5 Å². The Bertz CT molecular complexity index is 758. The Kier molecular flexibility index (Phi) is 8.48. The van der Waals surface area contributed by atoms with Gasteiger partial charge in [-0.05, 0) is 18.6 Å². The maximum Gasteiger partial charge on any atom is 0.243 e. The van der Waals surface area contributed by atoms with Crippen molar-refractivity contribution in [1.29, 1.82) is 0 Å². The van der Waals surface area contributed by atoms with Crippen LogP contribution in [0.1, 0.15) is 6.42 Å². The summed E-state index contributed by atoms with van der Waals surface area (Å²) in [6, 6.07) is 1.45. The van der Waals surface area contributed by atoms with Gasteiger partial charge in [0.1, 0.15) is 0 Å². The molecule has 0 unspecified atom stereocenters. The molecule has 8 nitrogen and oxygen atoms in total. The molecule has 0 atom stereocenters. The number of benzene rings is 1. The molecular weight excluding hydrogens is 379 g/mol. The van der Waals surface area contributed by atoms with Gasteiger partial charge < -0.3 is 15.4 Å². The second kappa shape index (κ2) is 10.1. The van der Waals surface area contributed by atoms with E-state index in [0.717, 1.165) is 6.07 Å². The molecule has 0 heterocycles. The van der Waals surface area contributed by atoms with Crippen molar-refractivity contribution in [3.63, 3.8) is 0 Å². The zero-order valence-corrected chi connectivity index (χ0v) is 14.6. The van der Waals surface area contributed by atoms with Crippen LogP contribution in [0.25, 0.3) is 0 Å². The van der Waals surface area contributed by atoms with E-state index in [1.54, 1.807) is 0 Å². The molecule has 0 saturated heterocycles. The van der Waals surface area contributed by atoms with Crippen molar-refractivity contribution in [2.75, 3.05) is 37.9 Å². The summed E-state index contributed by atoms with van der Waals surface area (Å²) in [7, 11) is -2.25. The second-order valence-electron chi connectivity index (χ2n) is 5.03. The predicted octanol–water partition coefficient (Wildman–Crippen LogP) is 0.114. The Hall–Kier alpha value is -2.18. The first-order chi connectivity index (χ1) is 12.2. The lowest BCUT2D eigenvalue weighted by molar-refractivity contribution is -0.123. The molecular formula is C14H18F3N3O5S. The standard InChI is InChI=1S/C14H18F3N3O5S/c1-25-5-2-6-26(23,24)19-8-11(21)18-7-12(22)20-10-4-3-9(15)13(16)14(10)17/h3-4,19H,2,5-8H2,1H3,(H,18,21)(H,20,22). The zero-order chi connectivity index (χ0) is 19.7. The molecule has 0 spiro atoms. The monoisotopic (exact) mass is 397 g/mol. The van der Waals surface area contributed by atoms with Crippen molar-refractivity contribution < 1.29 is 35.9 Å². The van der Waals surface area contributed by atoms with Crippen molar-refractivity contribution >= 4 is 27.5 Å². The number of ether oxygens (including phenoxy) is 1. The summed E-state index contributed by atoms with van der Waals surface area (Å²) in [5, 5.41) is 4.05. The van der Waals surface area contributed by atoms with Crippen molar-refractivity contribution in [1.82, 2.24) is 10.0 Å². The average molecular weight is 397 g/mol. The molecule has 1 rings (SSSR count). The van der Waals surface area contributed by atoms with E-state index in [0.29, 0.717) is 6.07 Å². The van der Waals surface area contributed by atoms with E-state index >= 15 is 0 Å². The molecule has 0 aliphatic heterocycles. The predicted molar refractivity (Wildman–Crippen MR) is 86.2 cm³/mol. The Labute approximate surface area is 148 Å². The lowest BCUT2D eigenvalue weighted by Crippen LogP contribution is -2.41. The average Bonchev–Trinajstić information content (AvgIpc) is 2.59. The number of carbonyl (C=O) groups excluding carboxylic acids is 2. The van der Waals surface area contributed by atoms with E-state index in [4.69, 9.17) is 4.74 Å². The number of carbonyl (C=O) groups is 2. The minimum absolute atomic E-state index is 0.232. The van der Waals surface area contributed by atoms with Crippen molar-refractivity contribution in [2.24, 2.45) is 0 Å². The third-order valence-corrected chi connectivity index (χ3v) is 4.38. The van der Waals surface area contributed by atoms with E-state index in [9.17, 15) is 31.2 Å². The fourth-order valence-corrected chi connectivity index (χ4v) is 2.69. The zero-order valence-electron chi connectivity index (χ0n) is 13.8. The molecule has 0 aliphatic rings. The molecule has 0 saturated carbocycles. The highest BCUT2D eigenvalue weighted by Crippen LogP contribution is 2.19. The van der Waals surface area contributed by atoms with E-state index in [-0.39, 0.29) is 18.8 Å². The molecule has 0 radical (unpaired) electrons. The maximum absolute atomic E-state index is 13.4. The van der Waals surface area contributed by atoms with Crippen LogP contribution in [0.5, 0.6) is 0 Å². The Morgan fingerprint density at radius 2 is 1.77 bits per heavy atom. The summed E-state index contributed by atoms with van der Waals surface area (Å²) >= 11 is 0. The van der Waals surface area contributed by atoms with E-state index in [1.807, 2.05) is 10.0 Å². The van der Waals surface area contributed by atoms with E-state index in [2.05, 4.69) is 5.32 Å². The van der Waals surface area contributed by atoms with Crippen LogP contribution in [0, 0.1) is 17.5 Å². The number of hydrogen-bond donors (Lipinski definition) is 3. The summed E-state index contributed by atoms with van der Waals surface area (Å²) in [5.74, 6) is -6.67. The Morgan fingerprint density at radius 3 is 2.42 bits per heavy atom. The molecule has 26 heavy (non-hydrogen) atoms. The van der Waals surface area contributed by atoms with E-state index in [1.165, 1.54) is 7.11 Å². The highest BCUT2D eigenvalue weighted by Gasteiger charge is 2.16. The molecule has 1 aromatic carbocycles. The van der Waals surface area contributed by atoms with Gasteiger partial charge in [0.2, 0.25) is 21.8 Å². The number of hydrogen-bond acceptors (Lipinski definition) is 5. The van der Waals surface area contributed by atoms with Crippen molar-refractivity contribution in [2.45, 2.75) is 6.42 Å². The van der Waals surface area contributed by atoms with Crippen molar-refractivity contribution in [3.05, 3.63) is 29.6 Å². The molecule has 1 aromatic rings. The molecule has 0 bridgehead atoms. The fraction of sp³-hybridized carbons (Fsp3) is 0.429. The van der Waals surface area contributed by atoms with Crippen molar-refractivity contribution in [3.8, 4) is 0 Å². The van der Waals surface area contributed by atoms with Gasteiger partial charge in [-0.25, -0.2) is 26.3 Å². The molecule has 0 fully saturated rings. The highest BCUT2D eigenvalue weighted by molar-refractivity contribution is 7.89. The maximum atomic E-state index is 13.4. The number of nitrogens with one attached hydrogen (secondary N) is 3. The fourth-order valence-electron chi connectivity index (χ4n) is 1.70. The number of methoxy groups -OCH3 is 1. The van der Waals surface area contributed by atoms with Crippen LogP contribution in [0.4, 0.5) is 18.9 Å². The lowest BCUT2D eigenvalue weighted by atomic mass is 10.2. The van der Waals surface area contributed by atoms with Crippen LogP contribution < -0.4 is 15.4 Å². The summed E-state index contributed by atoms with van der Waals surface area (Å²) in [5.41, 5.74) is -0.595. The SMILES string of the molecule is COCCCS(=O)(=O)NCC(=O)NCC(=O)Nc1ccc(F)c(F)c1F. The van der Waals surface area contributed by atoms with Crippen LogP contribution in [0.15, 0.2) is 12.1 Å². The van der Waals surface area contributed by atoms with Crippen LogP contribution in [0.2, 0.25) is 0 Å². The smallest absolute Gasteiger partial charge is 0.243 e. The molecule has 3 N–H and O–H groups in total. The van der Waals surface area contributed by atoms with Crippen LogP contribution in [-0.2, 0) is 24.3 Å². The van der Waals surface area contributed by atoms with Gasteiger partial charge in [-0.1, -0.05) is 0 Å². The first-order valence-corrected chi connectivity index (χ1v) is 8.98. The van der Waals surface area contributed by atoms with Crippen LogP contribution in [-0.4, -0.2) is 52.8 Å². The number of rotatable bonds is 10. The summed E-state index contributed by atoms with van der Waals surface area (Å²) < 4.78 is 69.1. The summed E-state index contributed by atoms with van der Waals surface area (Å²) in [6.45, 7) is -0.974. The van der Waals surface area contributed by atoms with Gasteiger partial charge in [0.25, 0.3) is 0 Å². The number of amides is 2. The molecule has 146 valence electrons. The third kappa shape index (κ3) is 7.37. The topological polar surface area (TPSA) is 114 Å². The Morgan fingerprint density at radius 1 is 1.08 bits per heavy atom. The molecule has 12 heteroatoms. The first kappa shape index (κ1) is 21.9. The highest BCUT2D eigenvalue weighted by atomic mass is 32.2. The largest absolute Gasteiger partial charge is 0.385 e. The number of halogens is 3. The third-order valence-electron chi connectivity index (χ3n) is 2.97. The molecule has 0 aliphatic carbocycles. The molecule has 2 amide bonds. The number of anilines is 1. The quantitative estimate of drug-likeness (QED) is 0.383. The second-order valence-corrected chi connectivity index (χ2v) is 6.96. The summed E-state index contributed by atoms with van der Waals surface area (Å²) in [6.07, 6.45) is 0.246. The minimum Gasteiger partial charge on any atom is -0.385 e.